The number of nitrogens with zero attached hydrogens (tertiary/aromatic N) is 3. The fourth-order valence-corrected chi connectivity index (χ4v) is 3.70. The second kappa shape index (κ2) is 11.8. The van der Waals surface area contributed by atoms with Crippen LogP contribution in [-0.2, 0) is 6.42 Å². The molecular formula is C22H34ClN5O. The molecule has 1 aromatic carbocycles. The van der Waals surface area contributed by atoms with Crippen LogP contribution in [-0.4, -0.2) is 27.5 Å². The van der Waals surface area contributed by atoms with Gasteiger partial charge in [-0.05, 0) is 24.8 Å². The Morgan fingerprint density at radius 3 is 2.34 bits per heavy atom. The van der Waals surface area contributed by atoms with E-state index in [1.165, 1.54) is 56.9 Å². The van der Waals surface area contributed by atoms with Crippen LogP contribution >= 0.6 is 12.4 Å². The molecule has 1 saturated heterocycles. The Hall–Kier alpha value is -2.08. The van der Waals surface area contributed by atoms with Crippen LogP contribution in [0.25, 0.3) is 11.4 Å². The first-order valence-corrected chi connectivity index (χ1v) is 10.7. The zero-order chi connectivity index (χ0) is 19.8. The number of aromatic nitrogens is 2. The molecule has 3 N–H and O–H groups in total. The highest BCUT2D eigenvalue weighted by Gasteiger charge is 2.35. The molecule has 0 radical (unpaired) electrons. The number of rotatable bonds is 11. The van der Waals surface area contributed by atoms with Crippen molar-refractivity contribution in [2.45, 2.75) is 77.2 Å². The number of guanidine groups is 1. The average molecular weight is 420 g/mol. The Labute approximate surface area is 180 Å². The van der Waals surface area contributed by atoms with E-state index in [0.717, 1.165) is 24.9 Å². The first kappa shape index (κ1) is 23.2. The molecule has 2 aromatic rings. The van der Waals surface area contributed by atoms with Gasteiger partial charge in [0.1, 0.15) is 6.04 Å². The van der Waals surface area contributed by atoms with Gasteiger partial charge in [-0.15, -0.1) is 12.4 Å². The first-order chi connectivity index (χ1) is 13.7. The fourth-order valence-electron chi connectivity index (χ4n) is 3.70. The van der Waals surface area contributed by atoms with Gasteiger partial charge in [-0.3, -0.25) is 5.41 Å². The lowest BCUT2D eigenvalue weighted by atomic mass is 10.0. The van der Waals surface area contributed by atoms with Crippen molar-refractivity contribution in [2.75, 3.05) is 6.54 Å². The predicted molar refractivity (Wildman–Crippen MR) is 119 cm³/mol. The van der Waals surface area contributed by atoms with Crippen LogP contribution in [0.2, 0.25) is 0 Å². The van der Waals surface area contributed by atoms with Crippen molar-refractivity contribution < 1.29 is 4.52 Å². The number of benzene rings is 1. The second-order valence-electron chi connectivity index (χ2n) is 7.76. The molecule has 0 saturated carbocycles. The van der Waals surface area contributed by atoms with E-state index in [1.54, 1.807) is 4.90 Å². The molecule has 1 aliphatic heterocycles. The summed E-state index contributed by atoms with van der Waals surface area (Å²) >= 11 is 0. The maximum atomic E-state index is 7.56. The summed E-state index contributed by atoms with van der Waals surface area (Å²) in [4.78, 5) is 6.28. The topological polar surface area (TPSA) is 92.0 Å². The molecule has 0 bridgehead atoms. The van der Waals surface area contributed by atoms with Crippen LogP contribution in [0.1, 0.15) is 82.2 Å². The zero-order valence-electron chi connectivity index (χ0n) is 17.4. The molecule has 2 heterocycles. The van der Waals surface area contributed by atoms with Gasteiger partial charge >= 0.3 is 0 Å². The van der Waals surface area contributed by atoms with Crippen LogP contribution in [0.15, 0.2) is 28.8 Å². The Morgan fingerprint density at radius 1 is 1.10 bits per heavy atom. The van der Waals surface area contributed by atoms with Crippen LogP contribution in [0.3, 0.4) is 0 Å². The van der Waals surface area contributed by atoms with E-state index in [4.69, 9.17) is 15.7 Å². The van der Waals surface area contributed by atoms with Crippen molar-refractivity contribution >= 4 is 18.4 Å². The number of nitrogens with one attached hydrogen (secondary N) is 1. The van der Waals surface area contributed by atoms with Crippen LogP contribution < -0.4 is 5.73 Å². The molecule has 1 unspecified atom stereocenters. The Bertz CT molecular complexity index is 746. The minimum absolute atomic E-state index is 0. The Balaban J connectivity index is 0.00000300. The summed E-state index contributed by atoms with van der Waals surface area (Å²) in [6, 6.07) is 8.41. The van der Waals surface area contributed by atoms with Gasteiger partial charge in [0.15, 0.2) is 5.96 Å². The maximum absolute atomic E-state index is 7.56. The summed E-state index contributed by atoms with van der Waals surface area (Å²) < 4.78 is 5.41. The molecule has 6 nitrogen and oxygen atoms in total. The SMILES string of the molecule is CCCCCCCCCCc1ccc(-c2noc(C3CCN3C(=N)N)n2)cc1.Cl. The highest BCUT2D eigenvalue weighted by Crippen LogP contribution is 2.32. The molecule has 160 valence electrons. The quantitative estimate of drug-likeness (QED) is 0.285. The minimum Gasteiger partial charge on any atom is -0.370 e. The zero-order valence-corrected chi connectivity index (χ0v) is 18.2. The smallest absolute Gasteiger partial charge is 0.249 e. The second-order valence-corrected chi connectivity index (χ2v) is 7.76. The summed E-state index contributed by atoms with van der Waals surface area (Å²) in [5.74, 6) is 1.20. The van der Waals surface area contributed by atoms with E-state index < -0.39 is 0 Å². The lowest BCUT2D eigenvalue weighted by Crippen LogP contribution is -2.48. The monoisotopic (exact) mass is 419 g/mol. The number of aryl methyl sites for hydroxylation is 1. The Kier molecular flexibility index (Phi) is 9.45. The number of hydrogen-bond acceptors (Lipinski definition) is 4. The first-order valence-electron chi connectivity index (χ1n) is 10.7. The fraction of sp³-hybridized carbons (Fsp3) is 0.591. The van der Waals surface area contributed by atoms with Gasteiger partial charge in [-0.2, -0.15) is 4.98 Å². The van der Waals surface area contributed by atoms with E-state index in [0.29, 0.717) is 11.7 Å². The number of halogens is 1. The van der Waals surface area contributed by atoms with Crippen molar-refractivity contribution in [3.05, 3.63) is 35.7 Å². The Morgan fingerprint density at radius 2 is 1.76 bits per heavy atom. The van der Waals surface area contributed by atoms with Crippen LogP contribution in [0.4, 0.5) is 0 Å². The van der Waals surface area contributed by atoms with Gasteiger partial charge in [0.2, 0.25) is 11.7 Å². The number of nitrogens with two attached hydrogens (primary N) is 1. The lowest BCUT2D eigenvalue weighted by Gasteiger charge is -2.38. The predicted octanol–water partition coefficient (Wildman–Crippen LogP) is 5.48. The third-order valence-electron chi connectivity index (χ3n) is 5.59. The van der Waals surface area contributed by atoms with E-state index >= 15 is 0 Å². The number of likely N-dealkylation sites (tertiary alicyclic amines) is 1. The molecular weight excluding hydrogens is 386 g/mol. The van der Waals surface area contributed by atoms with Crippen molar-refractivity contribution in [3.63, 3.8) is 0 Å². The molecule has 1 aromatic heterocycles. The van der Waals surface area contributed by atoms with E-state index in [-0.39, 0.29) is 24.4 Å². The summed E-state index contributed by atoms with van der Waals surface area (Å²) in [5.41, 5.74) is 7.89. The highest BCUT2D eigenvalue weighted by molar-refractivity contribution is 5.85. The maximum Gasteiger partial charge on any atom is 0.249 e. The average Bonchev–Trinajstić information content (AvgIpc) is 3.12. The van der Waals surface area contributed by atoms with E-state index in [9.17, 15) is 0 Å². The molecule has 1 aliphatic rings. The van der Waals surface area contributed by atoms with Crippen molar-refractivity contribution in [2.24, 2.45) is 5.73 Å². The summed E-state index contributed by atoms with van der Waals surface area (Å²) in [5, 5.41) is 11.7. The molecule has 1 fully saturated rings. The van der Waals surface area contributed by atoms with E-state index in [2.05, 4.69) is 41.3 Å². The summed E-state index contributed by atoms with van der Waals surface area (Å²) in [6.45, 7) is 3.03. The number of hydrogen-bond donors (Lipinski definition) is 2. The van der Waals surface area contributed by atoms with E-state index in [1.807, 2.05) is 0 Å². The van der Waals surface area contributed by atoms with Crippen LogP contribution in [0.5, 0.6) is 0 Å². The van der Waals surface area contributed by atoms with Crippen LogP contribution in [0, 0.1) is 5.41 Å². The summed E-state index contributed by atoms with van der Waals surface area (Å²) in [7, 11) is 0. The molecule has 0 aliphatic carbocycles. The molecule has 3 rings (SSSR count). The van der Waals surface area contributed by atoms with Gasteiger partial charge in [0, 0.05) is 12.1 Å². The standard InChI is InChI=1S/C22H33N5O.ClH/c1-2-3-4-5-6-7-8-9-10-17-11-13-18(14-12-17)20-25-21(28-26-20)19-15-16-27(19)22(23)24;/h11-14,19H,2-10,15-16H2,1H3,(H3,23,24);1H. The molecule has 29 heavy (non-hydrogen) atoms. The third kappa shape index (κ3) is 6.46. The molecule has 7 heteroatoms. The van der Waals surface area contributed by atoms with Gasteiger partial charge in [-0.1, -0.05) is 81.3 Å². The number of unbranched alkanes of at least 4 members (excludes halogenated alkanes) is 7. The molecule has 0 spiro atoms. The van der Waals surface area contributed by atoms with Crippen molar-refractivity contribution in [3.8, 4) is 11.4 Å². The van der Waals surface area contributed by atoms with Gasteiger partial charge < -0.3 is 15.2 Å². The lowest BCUT2D eigenvalue weighted by molar-refractivity contribution is 0.141. The third-order valence-corrected chi connectivity index (χ3v) is 5.59. The van der Waals surface area contributed by atoms with Crippen molar-refractivity contribution in [1.82, 2.24) is 15.0 Å². The minimum atomic E-state index is -0.0556. The highest BCUT2D eigenvalue weighted by atomic mass is 35.5. The van der Waals surface area contributed by atoms with Gasteiger partial charge in [0.05, 0.1) is 0 Å². The largest absolute Gasteiger partial charge is 0.370 e. The molecule has 0 amide bonds. The molecule has 1 atom stereocenters. The summed E-state index contributed by atoms with van der Waals surface area (Å²) in [6.07, 6.45) is 12.8. The normalized spacial score (nSPS) is 15.6. The van der Waals surface area contributed by atoms with Gasteiger partial charge in [0.25, 0.3) is 0 Å². The van der Waals surface area contributed by atoms with Crippen molar-refractivity contribution in [1.29, 1.82) is 5.41 Å². The van der Waals surface area contributed by atoms with Gasteiger partial charge in [-0.25, -0.2) is 0 Å².